The number of para-hydroxylation sites is 1. The van der Waals surface area contributed by atoms with Gasteiger partial charge in [0.05, 0.1) is 5.69 Å². The maximum absolute atomic E-state index is 12.7. The Morgan fingerprint density at radius 2 is 1.82 bits per heavy atom. The lowest BCUT2D eigenvalue weighted by molar-refractivity contribution is -0.117. The highest BCUT2D eigenvalue weighted by Gasteiger charge is 2.23. The van der Waals surface area contributed by atoms with Gasteiger partial charge >= 0.3 is 0 Å². The number of aromatic nitrogens is 3. The molecule has 5 rings (SSSR count). The lowest BCUT2D eigenvalue weighted by Gasteiger charge is -2.16. The minimum atomic E-state index is -0.0869. The summed E-state index contributed by atoms with van der Waals surface area (Å²) in [5, 5.41) is 7.92. The Bertz CT molecular complexity index is 1250. The van der Waals surface area contributed by atoms with Gasteiger partial charge in [0.2, 0.25) is 5.91 Å². The van der Waals surface area contributed by atoms with Crippen LogP contribution in [0.3, 0.4) is 0 Å². The van der Waals surface area contributed by atoms with E-state index in [1.807, 2.05) is 65.5 Å². The molecular weight excluding hydrogens is 422 g/mol. The maximum atomic E-state index is 12.7. The first-order valence-electron chi connectivity index (χ1n) is 11.5. The van der Waals surface area contributed by atoms with E-state index in [0.29, 0.717) is 0 Å². The molecule has 2 aromatic carbocycles. The average Bonchev–Trinajstić information content (AvgIpc) is 3.51. The molecule has 2 aromatic heterocycles. The van der Waals surface area contributed by atoms with E-state index in [4.69, 9.17) is 5.10 Å². The zero-order valence-electron chi connectivity index (χ0n) is 18.9. The largest absolute Gasteiger partial charge is 0.348 e. The van der Waals surface area contributed by atoms with Crippen molar-refractivity contribution in [3.05, 3.63) is 109 Å². The molecule has 34 heavy (non-hydrogen) atoms. The van der Waals surface area contributed by atoms with Crippen molar-refractivity contribution in [2.45, 2.75) is 19.0 Å². The van der Waals surface area contributed by atoms with Gasteiger partial charge in [-0.1, -0.05) is 48.5 Å². The molecule has 1 saturated heterocycles. The number of nitrogens with one attached hydrogen (secondary N) is 1. The molecule has 1 unspecified atom stereocenters. The van der Waals surface area contributed by atoms with Crippen molar-refractivity contribution < 1.29 is 4.79 Å². The first-order valence-corrected chi connectivity index (χ1v) is 11.5. The van der Waals surface area contributed by atoms with Crippen molar-refractivity contribution in [2.75, 3.05) is 13.1 Å². The molecule has 0 aliphatic carbocycles. The van der Waals surface area contributed by atoms with Gasteiger partial charge in [0.25, 0.3) is 0 Å². The molecule has 1 fully saturated rings. The quantitative estimate of drug-likeness (QED) is 0.427. The Morgan fingerprint density at radius 1 is 1.03 bits per heavy atom. The van der Waals surface area contributed by atoms with Crippen molar-refractivity contribution in [2.24, 2.45) is 0 Å². The molecule has 0 spiro atoms. The van der Waals surface area contributed by atoms with Crippen LogP contribution in [0.2, 0.25) is 0 Å². The Hall–Kier alpha value is -4.03. The maximum Gasteiger partial charge on any atom is 0.244 e. The molecule has 0 saturated carbocycles. The average molecular weight is 450 g/mol. The van der Waals surface area contributed by atoms with Gasteiger partial charge in [-0.2, -0.15) is 5.10 Å². The summed E-state index contributed by atoms with van der Waals surface area (Å²) in [5.41, 5.74) is 4.82. The second kappa shape index (κ2) is 10.3. The van der Waals surface area contributed by atoms with Crippen LogP contribution in [0.5, 0.6) is 0 Å². The predicted molar refractivity (Wildman–Crippen MR) is 134 cm³/mol. The van der Waals surface area contributed by atoms with Crippen molar-refractivity contribution in [1.82, 2.24) is 25.0 Å². The second-order valence-electron chi connectivity index (χ2n) is 8.50. The zero-order valence-corrected chi connectivity index (χ0v) is 18.9. The number of rotatable bonds is 7. The third-order valence-corrected chi connectivity index (χ3v) is 5.98. The molecule has 1 aliphatic rings. The number of hydrogen-bond acceptors (Lipinski definition) is 4. The van der Waals surface area contributed by atoms with Gasteiger partial charge in [0, 0.05) is 61.5 Å². The lowest BCUT2D eigenvalue weighted by atomic mass is 10.1. The molecule has 0 radical (unpaired) electrons. The third kappa shape index (κ3) is 5.30. The van der Waals surface area contributed by atoms with Crippen molar-refractivity contribution in [1.29, 1.82) is 0 Å². The fraction of sp³-hybridized carbons (Fsp3) is 0.179. The summed E-state index contributed by atoms with van der Waals surface area (Å²) >= 11 is 0. The van der Waals surface area contributed by atoms with Gasteiger partial charge in [-0.15, -0.1) is 0 Å². The number of pyridine rings is 1. The van der Waals surface area contributed by atoms with Gasteiger partial charge in [0.15, 0.2) is 0 Å². The van der Waals surface area contributed by atoms with Crippen LogP contribution in [0.4, 0.5) is 0 Å². The van der Waals surface area contributed by atoms with Gasteiger partial charge < -0.3 is 5.32 Å². The minimum absolute atomic E-state index is 0.0869. The normalized spacial score (nSPS) is 16.2. The smallest absolute Gasteiger partial charge is 0.244 e. The van der Waals surface area contributed by atoms with Gasteiger partial charge in [-0.05, 0) is 42.3 Å². The van der Waals surface area contributed by atoms with Crippen LogP contribution < -0.4 is 5.32 Å². The van der Waals surface area contributed by atoms with Crippen LogP contribution in [0, 0.1) is 0 Å². The van der Waals surface area contributed by atoms with Crippen LogP contribution in [0.1, 0.15) is 17.5 Å². The summed E-state index contributed by atoms with van der Waals surface area (Å²) in [7, 11) is 0. The highest BCUT2D eigenvalue weighted by Crippen LogP contribution is 2.24. The van der Waals surface area contributed by atoms with E-state index < -0.39 is 0 Å². The van der Waals surface area contributed by atoms with Crippen LogP contribution >= 0.6 is 0 Å². The standard InChI is InChI=1S/C28H27N5O/c34-27(30-25-15-17-32(21-25)19-22-8-3-1-4-9-22)14-13-24-20-33(26-11-5-2-6-12-26)31-28(24)23-10-7-16-29-18-23/h1-14,16,18,20,25H,15,17,19,21H2,(H,30,34)/b14-13+. The SMILES string of the molecule is O=C(/C=C/c1cn(-c2ccccc2)nc1-c1cccnc1)NC1CCN(Cc2ccccc2)C1. The number of amides is 1. The third-order valence-electron chi connectivity index (χ3n) is 5.98. The number of hydrogen-bond donors (Lipinski definition) is 1. The lowest BCUT2D eigenvalue weighted by Crippen LogP contribution is -2.35. The van der Waals surface area contributed by atoms with Crippen molar-refractivity contribution in [3.8, 4) is 16.9 Å². The Kier molecular flexibility index (Phi) is 6.59. The highest BCUT2D eigenvalue weighted by molar-refractivity contribution is 5.93. The van der Waals surface area contributed by atoms with Crippen LogP contribution in [0.25, 0.3) is 23.0 Å². The van der Waals surface area contributed by atoms with Crippen LogP contribution in [-0.2, 0) is 11.3 Å². The van der Waals surface area contributed by atoms with Crippen molar-refractivity contribution in [3.63, 3.8) is 0 Å². The summed E-state index contributed by atoms with van der Waals surface area (Å²) in [5.74, 6) is -0.0869. The van der Waals surface area contributed by atoms with E-state index in [2.05, 4.69) is 39.5 Å². The number of carbonyl (C=O) groups is 1. The van der Waals surface area contributed by atoms with Crippen LogP contribution in [-0.4, -0.2) is 44.7 Å². The van der Waals surface area contributed by atoms with Gasteiger partial charge in [0.1, 0.15) is 5.69 Å². The van der Waals surface area contributed by atoms with E-state index in [0.717, 1.165) is 48.6 Å². The van der Waals surface area contributed by atoms with E-state index in [1.165, 1.54) is 5.56 Å². The zero-order chi connectivity index (χ0) is 23.2. The van der Waals surface area contributed by atoms with Gasteiger partial charge in [-0.3, -0.25) is 14.7 Å². The Morgan fingerprint density at radius 3 is 2.59 bits per heavy atom. The second-order valence-corrected chi connectivity index (χ2v) is 8.50. The number of benzene rings is 2. The summed E-state index contributed by atoms with van der Waals surface area (Å²) < 4.78 is 1.83. The first kappa shape index (κ1) is 21.8. The minimum Gasteiger partial charge on any atom is -0.348 e. The monoisotopic (exact) mass is 449 g/mol. The number of carbonyl (C=O) groups excluding carboxylic acids is 1. The molecule has 3 heterocycles. The molecule has 6 nitrogen and oxygen atoms in total. The molecule has 4 aromatic rings. The van der Waals surface area contributed by atoms with E-state index >= 15 is 0 Å². The molecular formula is C28H27N5O. The van der Waals surface area contributed by atoms with E-state index in [1.54, 1.807) is 18.5 Å². The Balaban J connectivity index is 1.27. The number of likely N-dealkylation sites (tertiary alicyclic amines) is 1. The summed E-state index contributed by atoms with van der Waals surface area (Å²) in [6, 6.07) is 24.4. The van der Waals surface area contributed by atoms with Crippen molar-refractivity contribution >= 4 is 12.0 Å². The summed E-state index contributed by atoms with van der Waals surface area (Å²) in [6.07, 6.45) is 9.86. The Labute approximate surface area is 199 Å². The van der Waals surface area contributed by atoms with Gasteiger partial charge in [-0.25, -0.2) is 4.68 Å². The predicted octanol–water partition coefficient (Wildman–Crippen LogP) is 4.34. The fourth-order valence-corrected chi connectivity index (χ4v) is 4.30. The molecule has 1 aliphatic heterocycles. The topological polar surface area (TPSA) is 63.1 Å². The highest BCUT2D eigenvalue weighted by atomic mass is 16.1. The summed E-state index contributed by atoms with van der Waals surface area (Å²) in [4.78, 5) is 19.3. The van der Waals surface area contributed by atoms with Crippen LogP contribution in [0.15, 0.2) is 97.5 Å². The summed E-state index contributed by atoms with van der Waals surface area (Å²) in [6.45, 7) is 2.76. The molecule has 0 bridgehead atoms. The molecule has 1 amide bonds. The molecule has 6 heteroatoms. The van der Waals surface area contributed by atoms with E-state index in [-0.39, 0.29) is 11.9 Å². The number of nitrogens with zero attached hydrogens (tertiary/aromatic N) is 4. The first-order chi connectivity index (χ1) is 16.7. The molecule has 1 N–H and O–H groups in total. The van der Waals surface area contributed by atoms with E-state index in [9.17, 15) is 4.79 Å². The molecule has 170 valence electrons. The fourth-order valence-electron chi connectivity index (χ4n) is 4.30. The molecule has 1 atom stereocenters.